The van der Waals surface area contributed by atoms with Gasteiger partial charge in [-0.15, -0.1) is 0 Å². The highest BCUT2D eigenvalue weighted by Gasteiger charge is 2.36. The van der Waals surface area contributed by atoms with Crippen molar-refractivity contribution in [2.75, 3.05) is 25.2 Å². The van der Waals surface area contributed by atoms with Gasteiger partial charge < -0.3 is 20.3 Å². The van der Waals surface area contributed by atoms with E-state index in [2.05, 4.69) is 36.5 Å². The third-order valence-electron chi connectivity index (χ3n) is 3.60. The van der Waals surface area contributed by atoms with Gasteiger partial charge in [-0.05, 0) is 30.3 Å². The van der Waals surface area contributed by atoms with Gasteiger partial charge in [0.2, 0.25) is 0 Å². The Labute approximate surface area is 137 Å². The summed E-state index contributed by atoms with van der Waals surface area (Å²) in [5.74, 6) is -0.127. The molecule has 116 valence electrons. The summed E-state index contributed by atoms with van der Waals surface area (Å²) in [6, 6.07) is 8.03. The SMILES string of the molecule is COCCNC(=O)C1=CC2C(N=CN2c2ccc(Br)cc2)N1. The molecule has 0 bridgehead atoms. The minimum atomic E-state index is -0.127. The molecule has 2 heterocycles. The first-order chi connectivity index (χ1) is 10.7. The number of rotatable bonds is 5. The molecule has 0 radical (unpaired) electrons. The van der Waals surface area contributed by atoms with Crippen LogP contribution in [0.25, 0.3) is 0 Å². The van der Waals surface area contributed by atoms with E-state index in [1.165, 1.54) is 0 Å². The maximum absolute atomic E-state index is 12.1. The molecule has 2 aliphatic rings. The Morgan fingerprint density at radius 1 is 1.45 bits per heavy atom. The number of hydrogen-bond acceptors (Lipinski definition) is 5. The number of fused-ring (bicyclic) bond motifs is 1. The molecule has 0 saturated carbocycles. The van der Waals surface area contributed by atoms with Crippen LogP contribution in [0.3, 0.4) is 0 Å². The maximum Gasteiger partial charge on any atom is 0.267 e. The molecule has 1 amide bonds. The summed E-state index contributed by atoms with van der Waals surface area (Å²) < 4.78 is 5.95. The third-order valence-corrected chi connectivity index (χ3v) is 4.13. The molecule has 6 nitrogen and oxygen atoms in total. The largest absolute Gasteiger partial charge is 0.383 e. The Hall–Kier alpha value is -1.86. The monoisotopic (exact) mass is 364 g/mol. The van der Waals surface area contributed by atoms with E-state index in [1.54, 1.807) is 7.11 Å². The Morgan fingerprint density at radius 2 is 2.23 bits per heavy atom. The fourth-order valence-corrected chi connectivity index (χ4v) is 2.75. The van der Waals surface area contributed by atoms with Crippen LogP contribution in [0.2, 0.25) is 0 Å². The summed E-state index contributed by atoms with van der Waals surface area (Å²) >= 11 is 3.43. The van der Waals surface area contributed by atoms with Crippen LogP contribution in [0.5, 0.6) is 0 Å². The predicted octanol–water partition coefficient (Wildman–Crippen LogP) is 1.24. The number of anilines is 1. The number of nitrogens with one attached hydrogen (secondary N) is 2. The second kappa shape index (κ2) is 6.50. The number of ether oxygens (including phenoxy) is 1. The van der Waals surface area contributed by atoms with Crippen molar-refractivity contribution < 1.29 is 9.53 Å². The highest BCUT2D eigenvalue weighted by Crippen LogP contribution is 2.27. The van der Waals surface area contributed by atoms with Crippen LogP contribution in [-0.4, -0.2) is 44.7 Å². The van der Waals surface area contributed by atoms with Crippen molar-refractivity contribution in [1.82, 2.24) is 10.6 Å². The number of halogens is 1. The number of nitrogens with zero attached hydrogens (tertiary/aromatic N) is 2. The standard InChI is InChI=1S/C15H17BrN4O2/c1-22-7-6-17-15(21)12-8-13-14(19-12)18-9-20(13)11-4-2-10(16)3-5-11/h2-5,8-9,13-14,19H,6-7H2,1H3,(H,17,21). The summed E-state index contributed by atoms with van der Waals surface area (Å²) in [5.41, 5.74) is 1.60. The summed E-state index contributed by atoms with van der Waals surface area (Å²) in [6.45, 7) is 0.985. The fourth-order valence-electron chi connectivity index (χ4n) is 2.49. The van der Waals surface area contributed by atoms with Crippen LogP contribution < -0.4 is 15.5 Å². The minimum absolute atomic E-state index is 0.0179. The zero-order chi connectivity index (χ0) is 15.5. The normalized spacial score (nSPS) is 22.3. The van der Waals surface area contributed by atoms with E-state index in [0.29, 0.717) is 18.8 Å². The summed E-state index contributed by atoms with van der Waals surface area (Å²) in [7, 11) is 1.61. The van der Waals surface area contributed by atoms with E-state index >= 15 is 0 Å². The Bertz CT molecular complexity index is 614. The average molecular weight is 365 g/mol. The average Bonchev–Trinajstić information content (AvgIpc) is 3.09. The first-order valence-corrected chi connectivity index (χ1v) is 7.81. The van der Waals surface area contributed by atoms with Crippen LogP contribution in [0.1, 0.15) is 0 Å². The summed E-state index contributed by atoms with van der Waals surface area (Å²) in [6.07, 6.45) is 3.61. The number of carbonyl (C=O) groups excluding carboxylic acids is 1. The van der Waals surface area contributed by atoms with Gasteiger partial charge >= 0.3 is 0 Å². The highest BCUT2D eigenvalue weighted by atomic mass is 79.9. The molecular formula is C15H17BrN4O2. The van der Waals surface area contributed by atoms with Gasteiger partial charge in [0.1, 0.15) is 6.17 Å². The van der Waals surface area contributed by atoms with Crippen LogP contribution in [0.15, 0.2) is 45.5 Å². The quantitative estimate of drug-likeness (QED) is 0.771. The van der Waals surface area contributed by atoms with Crippen molar-refractivity contribution in [2.45, 2.75) is 12.2 Å². The second-order valence-corrected chi connectivity index (χ2v) is 5.97. The van der Waals surface area contributed by atoms with Crippen molar-refractivity contribution in [1.29, 1.82) is 0 Å². The zero-order valence-corrected chi connectivity index (χ0v) is 13.7. The molecule has 0 saturated heterocycles. The van der Waals surface area contributed by atoms with Gasteiger partial charge in [0.25, 0.3) is 5.91 Å². The lowest BCUT2D eigenvalue weighted by atomic mass is 10.2. The topological polar surface area (TPSA) is 66.0 Å². The third kappa shape index (κ3) is 3.00. The molecule has 2 atom stereocenters. The number of benzene rings is 1. The van der Waals surface area contributed by atoms with Crippen LogP contribution in [0, 0.1) is 0 Å². The lowest BCUT2D eigenvalue weighted by molar-refractivity contribution is -0.118. The smallest absolute Gasteiger partial charge is 0.267 e. The van der Waals surface area contributed by atoms with Gasteiger partial charge in [-0.25, -0.2) is 4.99 Å². The molecule has 2 N–H and O–H groups in total. The lowest BCUT2D eigenvalue weighted by Gasteiger charge is -2.21. The van der Waals surface area contributed by atoms with Crippen LogP contribution in [0.4, 0.5) is 5.69 Å². The molecule has 0 aliphatic carbocycles. The van der Waals surface area contributed by atoms with Gasteiger partial charge in [-0.2, -0.15) is 0 Å². The molecule has 7 heteroatoms. The molecule has 0 spiro atoms. The van der Waals surface area contributed by atoms with E-state index in [4.69, 9.17) is 4.74 Å². The van der Waals surface area contributed by atoms with Gasteiger partial charge in [0.15, 0.2) is 0 Å². The fraction of sp³-hybridized carbons (Fsp3) is 0.333. The Kier molecular flexibility index (Phi) is 4.44. The van der Waals surface area contributed by atoms with Crippen LogP contribution >= 0.6 is 15.9 Å². The first kappa shape index (κ1) is 15.1. The number of methoxy groups -OCH3 is 1. The van der Waals surface area contributed by atoms with E-state index in [0.717, 1.165) is 10.2 Å². The molecule has 1 aromatic rings. The molecular weight excluding hydrogens is 348 g/mol. The Balaban J connectivity index is 1.69. The first-order valence-electron chi connectivity index (χ1n) is 7.02. The van der Waals surface area contributed by atoms with E-state index in [-0.39, 0.29) is 18.1 Å². The molecule has 22 heavy (non-hydrogen) atoms. The van der Waals surface area contributed by atoms with Gasteiger partial charge in [-0.1, -0.05) is 15.9 Å². The number of aliphatic imine (C=N–C) groups is 1. The summed E-state index contributed by atoms with van der Waals surface area (Å²) in [5, 5.41) is 5.96. The highest BCUT2D eigenvalue weighted by molar-refractivity contribution is 9.10. The number of hydrogen-bond donors (Lipinski definition) is 2. The maximum atomic E-state index is 12.1. The van der Waals surface area contributed by atoms with Crippen LogP contribution in [-0.2, 0) is 9.53 Å². The molecule has 2 unspecified atom stereocenters. The van der Waals surface area contributed by atoms with Crippen molar-refractivity contribution in [3.8, 4) is 0 Å². The zero-order valence-electron chi connectivity index (χ0n) is 12.1. The van der Waals surface area contributed by atoms with Crippen molar-refractivity contribution in [2.24, 2.45) is 4.99 Å². The molecule has 0 fully saturated rings. The van der Waals surface area contributed by atoms with Crippen molar-refractivity contribution in [3.05, 3.63) is 40.5 Å². The van der Waals surface area contributed by atoms with Gasteiger partial charge in [-0.3, -0.25) is 4.79 Å². The van der Waals surface area contributed by atoms with E-state index in [9.17, 15) is 4.79 Å². The Morgan fingerprint density at radius 3 is 2.95 bits per heavy atom. The molecule has 1 aromatic carbocycles. The van der Waals surface area contributed by atoms with Crippen molar-refractivity contribution >= 4 is 33.9 Å². The van der Waals surface area contributed by atoms with E-state index < -0.39 is 0 Å². The number of amides is 1. The van der Waals surface area contributed by atoms with E-state index in [1.807, 2.05) is 36.7 Å². The van der Waals surface area contributed by atoms with Gasteiger partial charge in [0.05, 0.1) is 24.7 Å². The summed E-state index contributed by atoms with van der Waals surface area (Å²) in [4.78, 5) is 18.5. The molecule has 0 aromatic heterocycles. The number of carbonyl (C=O) groups is 1. The van der Waals surface area contributed by atoms with Gasteiger partial charge in [0, 0.05) is 23.8 Å². The minimum Gasteiger partial charge on any atom is -0.383 e. The molecule has 3 rings (SSSR count). The predicted molar refractivity (Wildman–Crippen MR) is 88.8 cm³/mol. The lowest BCUT2D eigenvalue weighted by Crippen LogP contribution is -2.38. The second-order valence-electron chi connectivity index (χ2n) is 5.06. The molecule has 2 aliphatic heterocycles. The van der Waals surface area contributed by atoms with Crippen molar-refractivity contribution in [3.63, 3.8) is 0 Å².